The molecule has 1 saturated heterocycles. The summed E-state index contributed by atoms with van der Waals surface area (Å²) in [5.74, 6) is 1.25. The molecule has 5 heteroatoms. The topological polar surface area (TPSA) is 59.2 Å². The number of aromatic nitrogens is 2. The van der Waals surface area contributed by atoms with Gasteiger partial charge >= 0.3 is 0 Å². The van der Waals surface area contributed by atoms with Crippen molar-refractivity contribution in [2.24, 2.45) is 0 Å². The number of amides is 1. The Balaban J connectivity index is 1.49. The first-order valence-electron chi connectivity index (χ1n) is 8.83. The molecule has 3 aromatic rings. The third kappa shape index (κ3) is 3.25. The maximum atomic E-state index is 12.4. The third-order valence-corrected chi connectivity index (χ3v) is 4.89. The highest BCUT2D eigenvalue weighted by Gasteiger charge is 2.33. The van der Waals surface area contributed by atoms with E-state index in [4.69, 9.17) is 4.52 Å². The van der Waals surface area contributed by atoms with Crippen LogP contribution in [-0.2, 0) is 11.3 Å². The Morgan fingerprint density at radius 3 is 2.65 bits per heavy atom. The van der Waals surface area contributed by atoms with Gasteiger partial charge in [-0.25, -0.2) is 0 Å². The van der Waals surface area contributed by atoms with Gasteiger partial charge in [0.2, 0.25) is 5.91 Å². The van der Waals surface area contributed by atoms with Gasteiger partial charge in [0, 0.05) is 31.0 Å². The molecule has 2 heterocycles. The molecule has 1 atom stereocenters. The van der Waals surface area contributed by atoms with Gasteiger partial charge in [-0.1, -0.05) is 53.2 Å². The molecule has 1 fully saturated rings. The summed E-state index contributed by atoms with van der Waals surface area (Å²) in [5.41, 5.74) is 4.38. The first-order valence-corrected chi connectivity index (χ1v) is 8.83. The van der Waals surface area contributed by atoms with Crippen molar-refractivity contribution >= 4 is 5.91 Å². The molecule has 0 radical (unpaired) electrons. The largest absolute Gasteiger partial charge is 0.338 e. The van der Waals surface area contributed by atoms with Gasteiger partial charge in [-0.05, 0) is 31.0 Å². The lowest BCUT2D eigenvalue weighted by Gasteiger charge is -2.16. The van der Waals surface area contributed by atoms with Gasteiger partial charge < -0.3 is 9.42 Å². The standard InChI is InChI=1S/C21H21N3O2/c1-14-7-9-16(10-8-14)12-24-13-17(11-19(24)25)20-22-21(26-23-20)18-6-4-3-5-15(18)2/h3-10,17H,11-13H2,1-2H3. The zero-order valence-electron chi connectivity index (χ0n) is 15.0. The molecule has 4 rings (SSSR count). The molecule has 1 aliphatic rings. The van der Waals surface area contributed by atoms with Crippen LogP contribution in [0.25, 0.3) is 11.5 Å². The molecule has 2 aromatic carbocycles. The summed E-state index contributed by atoms with van der Waals surface area (Å²) in [6, 6.07) is 16.2. The molecular formula is C21H21N3O2. The van der Waals surface area contributed by atoms with Crippen LogP contribution in [0.15, 0.2) is 53.1 Å². The second kappa shape index (κ2) is 6.75. The molecule has 0 saturated carbocycles. The molecule has 132 valence electrons. The van der Waals surface area contributed by atoms with E-state index in [0.29, 0.717) is 31.2 Å². The van der Waals surface area contributed by atoms with Crippen molar-refractivity contribution in [3.05, 3.63) is 71.0 Å². The van der Waals surface area contributed by atoms with E-state index in [9.17, 15) is 4.79 Å². The molecule has 1 amide bonds. The lowest BCUT2D eigenvalue weighted by molar-refractivity contribution is -0.128. The summed E-state index contributed by atoms with van der Waals surface area (Å²) in [5, 5.41) is 4.14. The summed E-state index contributed by atoms with van der Waals surface area (Å²) in [7, 11) is 0. The van der Waals surface area contributed by atoms with Gasteiger partial charge in [-0.2, -0.15) is 4.98 Å². The van der Waals surface area contributed by atoms with Crippen LogP contribution in [0.4, 0.5) is 0 Å². The molecular weight excluding hydrogens is 326 g/mol. The second-order valence-electron chi connectivity index (χ2n) is 6.93. The number of rotatable bonds is 4. The highest BCUT2D eigenvalue weighted by atomic mass is 16.5. The van der Waals surface area contributed by atoms with Crippen molar-refractivity contribution in [1.82, 2.24) is 15.0 Å². The average molecular weight is 347 g/mol. The van der Waals surface area contributed by atoms with E-state index in [2.05, 4.69) is 41.3 Å². The van der Waals surface area contributed by atoms with E-state index in [1.165, 1.54) is 5.56 Å². The quantitative estimate of drug-likeness (QED) is 0.719. The van der Waals surface area contributed by atoms with E-state index in [1.54, 1.807) is 0 Å². The number of benzene rings is 2. The van der Waals surface area contributed by atoms with Gasteiger partial charge in [-0.3, -0.25) is 4.79 Å². The van der Waals surface area contributed by atoms with Gasteiger partial charge in [0.15, 0.2) is 5.82 Å². The number of hydrogen-bond acceptors (Lipinski definition) is 4. The van der Waals surface area contributed by atoms with E-state index in [-0.39, 0.29) is 11.8 Å². The molecule has 5 nitrogen and oxygen atoms in total. The highest BCUT2D eigenvalue weighted by Crippen LogP contribution is 2.30. The number of aryl methyl sites for hydroxylation is 2. The number of nitrogens with zero attached hydrogens (tertiary/aromatic N) is 3. The molecule has 0 N–H and O–H groups in total. The van der Waals surface area contributed by atoms with Gasteiger partial charge in [0.05, 0.1) is 0 Å². The minimum absolute atomic E-state index is 0.0190. The fraction of sp³-hybridized carbons (Fsp3) is 0.286. The first-order chi connectivity index (χ1) is 12.6. The van der Waals surface area contributed by atoms with Crippen LogP contribution in [-0.4, -0.2) is 27.5 Å². The Kier molecular flexibility index (Phi) is 4.29. The van der Waals surface area contributed by atoms with Crippen molar-refractivity contribution in [2.75, 3.05) is 6.54 Å². The molecule has 0 spiro atoms. The summed E-state index contributed by atoms with van der Waals surface area (Å²) in [4.78, 5) is 18.8. The molecule has 1 aromatic heterocycles. The minimum atomic E-state index is -0.0190. The molecule has 0 aliphatic carbocycles. The number of hydrogen-bond donors (Lipinski definition) is 0. The predicted octanol–water partition coefficient (Wildman–Crippen LogP) is 3.87. The third-order valence-electron chi connectivity index (χ3n) is 4.89. The van der Waals surface area contributed by atoms with Crippen LogP contribution < -0.4 is 0 Å². The highest BCUT2D eigenvalue weighted by molar-refractivity contribution is 5.79. The fourth-order valence-electron chi connectivity index (χ4n) is 3.33. The van der Waals surface area contributed by atoms with Gasteiger partial charge in [0.1, 0.15) is 0 Å². The zero-order valence-corrected chi connectivity index (χ0v) is 15.0. The Morgan fingerprint density at radius 1 is 1.12 bits per heavy atom. The number of likely N-dealkylation sites (tertiary alicyclic amines) is 1. The Hall–Kier alpha value is -2.95. The van der Waals surface area contributed by atoms with Crippen molar-refractivity contribution in [3.63, 3.8) is 0 Å². The number of carbonyl (C=O) groups excluding carboxylic acids is 1. The second-order valence-corrected chi connectivity index (χ2v) is 6.93. The van der Waals surface area contributed by atoms with Crippen LogP contribution in [0.3, 0.4) is 0 Å². The minimum Gasteiger partial charge on any atom is -0.338 e. The summed E-state index contributed by atoms with van der Waals surface area (Å²) in [6.07, 6.45) is 0.429. The summed E-state index contributed by atoms with van der Waals surface area (Å²) < 4.78 is 5.45. The average Bonchev–Trinajstić information content (AvgIpc) is 3.25. The Labute approximate surface area is 152 Å². The van der Waals surface area contributed by atoms with E-state index >= 15 is 0 Å². The van der Waals surface area contributed by atoms with Crippen molar-refractivity contribution in [3.8, 4) is 11.5 Å². The Morgan fingerprint density at radius 2 is 1.88 bits per heavy atom. The predicted molar refractivity (Wildman–Crippen MR) is 98.4 cm³/mol. The van der Waals surface area contributed by atoms with Crippen LogP contribution in [0.5, 0.6) is 0 Å². The number of carbonyl (C=O) groups is 1. The van der Waals surface area contributed by atoms with Crippen molar-refractivity contribution < 1.29 is 9.32 Å². The van der Waals surface area contributed by atoms with Crippen molar-refractivity contribution in [2.45, 2.75) is 32.7 Å². The Bertz CT molecular complexity index is 930. The fourth-order valence-corrected chi connectivity index (χ4v) is 3.33. The van der Waals surface area contributed by atoms with E-state index < -0.39 is 0 Å². The molecule has 0 bridgehead atoms. The maximum absolute atomic E-state index is 12.4. The van der Waals surface area contributed by atoms with E-state index in [1.807, 2.05) is 36.1 Å². The van der Waals surface area contributed by atoms with Gasteiger partial charge in [-0.15, -0.1) is 0 Å². The van der Waals surface area contributed by atoms with Crippen LogP contribution in [0, 0.1) is 13.8 Å². The summed E-state index contributed by atoms with van der Waals surface area (Å²) in [6.45, 7) is 5.32. The zero-order chi connectivity index (χ0) is 18.1. The van der Waals surface area contributed by atoms with Crippen molar-refractivity contribution in [1.29, 1.82) is 0 Å². The monoisotopic (exact) mass is 347 g/mol. The smallest absolute Gasteiger partial charge is 0.258 e. The van der Waals surface area contributed by atoms with Crippen LogP contribution in [0.2, 0.25) is 0 Å². The van der Waals surface area contributed by atoms with Gasteiger partial charge in [0.25, 0.3) is 5.89 Å². The first kappa shape index (κ1) is 16.5. The lowest BCUT2D eigenvalue weighted by atomic mass is 10.1. The molecule has 1 aliphatic heterocycles. The normalized spacial score (nSPS) is 17.1. The SMILES string of the molecule is Cc1ccc(CN2CC(c3noc(-c4ccccc4C)n3)CC2=O)cc1. The molecule has 1 unspecified atom stereocenters. The van der Waals surface area contributed by atoms with E-state index in [0.717, 1.165) is 16.7 Å². The maximum Gasteiger partial charge on any atom is 0.258 e. The lowest BCUT2D eigenvalue weighted by Crippen LogP contribution is -2.24. The molecule has 26 heavy (non-hydrogen) atoms. The van der Waals surface area contributed by atoms with Crippen LogP contribution in [0.1, 0.15) is 34.9 Å². The summed E-state index contributed by atoms with van der Waals surface area (Å²) >= 11 is 0. The van der Waals surface area contributed by atoms with Crippen LogP contribution >= 0.6 is 0 Å².